The third-order valence-corrected chi connectivity index (χ3v) is 6.69. The van der Waals surface area contributed by atoms with Gasteiger partial charge in [-0.05, 0) is 62.3 Å². The van der Waals surface area contributed by atoms with Crippen molar-refractivity contribution in [1.29, 1.82) is 0 Å². The summed E-state index contributed by atoms with van der Waals surface area (Å²) < 4.78 is 1.89. The van der Waals surface area contributed by atoms with Crippen LogP contribution in [-0.2, 0) is 0 Å². The predicted octanol–water partition coefficient (Wildman–Crippen LogP) is 4.19. The molecule has 1 N–H and O–H groups in total. The SMILES string of the molecule is Cc1ccc(C(=O)NC2CC2)cc1-c1cnn(-c2cnc(N3CCCCC3)s2)c1. The molecule has 1 aromatic carbocycles. The monoisotopic (exact) mass is 407 g/mol. The van der Waals surface area contributed by atoms with Gasteiger partial charge in [0.1, 0.15) is 5.00 Å². The molecule has 3 heterocycles. The molecule has 0 unspecified atom stereocenters. The summed E-state index contributed by atoms with van der Waals surface area (Å²) in [5.74, 6) is 0.00905. The van der Waals surface area contributed by atoms with Crippen molar-refractivity contribution in [3.63, 3.8) is 0 Å². The maximum absolute atomic E-state index is 12.4. The van der Waals surface area contributed by atoms with Gasteiger partial charge in [-0.15, -0.1) is 0 Å². The van der Waals surface area contributed by atoms with Gasteiger partial charge in [0.25, 0.3) is 5.91 Å². The predicted molar refractivity (Wildman–Crippen MR) is 116 cm³/mol. The van der Waals surface area contributed by atoms with Gasteiger partial charge in [-0.1, -0.05) is 17.4 Å². The fraction of sp³-hybridized carbons (Fsp3) is 0.409. The number of aryl methyl sites for hydroxylation is 1. The average Bonchev–Trinajstić information content (AvgIpc) is 3.21. The maximum Gasteiger partial charge on any atom is 0.251 e. The first kappa shape index (κ1) is 18.4. The van der Waals surface area contributed by atoms with E-state index < -0.39 is 0 Å². The standard InChI is InChI=1S/C22H25N5OS/c1-15-5-6-16(21(28)25-18-7-8-18)11-19(15)17-12-24-27(14-17)20-13-23-22(29-20)26-9-3-2-4-10-26/h5-6,11-14,18H,2-4,7-10H2,1H3,(H,25,28). The molecule has 3 aromatic rings. The normalized spacial score (nSPS) is 16.8. The number of aromatic nitrogens is 3. The second kappa shape index (κ2) is 7.63. The van der Waals surface area contributed by atoms with E-state index in [9.17, 15) is 4.79 Å². The Balaban J connectivity index is 1.38. The van der Waals surface area contributed by atoms with Crippen molar-refractivity contribution in [2.45, 2.75) is 45.1 Å². The van der Waals surface area contributed by atoms with Crippen molar-refractivity contribution in [2.24, 2.45) is 0 Å². The summed E-state index contributed by atoms with van der Waals surface area (Å²) >= 11 is 1.68. The van der Waals surface area contributed by atoms with E-state index in [1.807, 2.05) is 41.5 Å². The third-order valence-electron chi connectivity index (χ3n) is 5.64. The van der Waals surface area contributed by atoms with Crippen molar-refractivity contribution < 1.29 is 4.79 Å². The lowest BCUT2D eigenvalue weighted by Gasteiger charge is -2.25. The molecule has 0 spiro atoms. The van der Waals surface area contributed by atoms with Crippen molar-refractivity contribution in [1.82, 2.24) is 20.1 Å². The van der Waals surface area contributed by atoms with Gasteiger partial charge in [0.15, 0.2) is 5.13 Å². The molecular weight excluding hydrogens is 382 g/mol. The van der Waals surface area contributed by atoms with E-state index in [4.69, 9.17) is 0 Å². The molecular formula is C22H25N5OS. The molecule has 150 valence electrons. The fourth-order valence-electron chi connectivity index (χ4n) is 3.75. The molecule has 1 saturated carbocycles. The molecule has 2 aliphatic rings. The number of thiazole rings is 1. The van der Waals surface area contributed by atoms with Crippen molar-refractivity contribution in [2.75, 3.05) is 18.0 Å². The second-order valence-corrected chi connectivity index (χ2v) is 8.97. The smallest absolute Gasteiger partial charge is 0.251 e. The molecule has 2 aromatic heterocycles. The number of benzene rings is 1. The van der Waals surface area contributed by atoms with Gasteiger partial charge in [-0.2, -0.15) is 5.10 Å². The Morgan fingerprint density at radius 3 is 2.79 bits per heavy atom. The minimum atomic E-state index is 0.00905. The Bertz CT molecular complexity index is 1030. The summed E-state index contributed by atoms with van der Waals surface area (Å²) in [4.78, 5) is 19.4. The molecule has 1 aliphatic heterocycles. The zero-order valence-electron chi connectivity index (χ0n) is 16.6. The van der Waals surface area contributed by atoms with Gasteiger partial charge in [-0.3, -0.25) is 4.79 Å². The Morgan fingerprint density at radius 1 is 1.17 bits per heavy atom. The van der Waals surface area contributed by atoms with E-state index in [0.29, 0.717) is 11.6 Å². The lowest BCUT2D eigenvalue weighted by atomic mass is 10.0. The molecule has 0 atom stereocenters. The van der Waals surface area contributed by atoms with Crippen LogP contribution in [0.4, 0.5) is 5.13 Å². The number of carbonyl (C=O) groups excluding carboxylic acids is 1. The molecule has 6 nitrogen and oxygen atoms in total. The highest BCUT2D eigenvalue weighted by Crippen LogP contribution is 2.30. The summed E-state index contributed by atoms with van der Waals surface area (Å²) in [7, 11) is 0. The van der Waals surface area contributed by atoms with E-state index in [2.05, 4.69) is 27.2 Å². The van der Waals surface area contributed by atoms with Gasteiger partial charge in [0.05, 0.1) is 12.4 Å². The largest absolute Gasteiger partial charge is 0.349 e. The van der Waals surface area contributed by atoms with Crippen LogP contribution in [0.1, 0.15) is 48.0 Å². The Hall–Kier alpha value is -2.67. The summed E-state index contributed by atoms with van der Waals surface area (Å²) in [5.41, 5.74) is 3.89. The van der Waals surface area contributed by atoms with E-state index >= 15 is 0 Å². The van der Waals surface area contributed by atoms with Crippen LogP contribution in [0.25, 0.3) is 16.1 Å². The Kier molecular flexibility index (Phi) is 4.83. The Morgan fingerprint density at radius 2 is 2.00 bits per heavy atom. The van der Waals surface area contributed by atoms with E-state index in [-0.39, 0.29) is 5.91 Å². The number of rotatable bonds is 5. The van der Waals surface area contributed by atoms with Gasteiger partial charge < -0.3 is 10.2 Å². The van der Waals surface area contributed by atoms with Crippen LogP contribution in [0.5, 0.6) is 0 Å². The number of nitrogens with one attached hydrogen (secondary N) is 1. The summed E-state index contributed by atoms with van der Waals surface area (Å²) in [6.45, 7) is 4.24. The van der Waals surface area contributed by atoms with Crippen LogP contribution in [0.3, 0.4) is 0 Å². The first-order valence-electron chi connectivity index (χ1n) is 10.3. The second-order valence-electron chi connectivity index (χ2n) is 7.98. The van der Waals surface area contributed by atoms with Crippen LogP contribution < -0.4 is 10.2 Å². The van der Waals surface area contributed by atoms with Crippen LogP contribution in [0.2, 0.25) is 0 Å². The van der Waals surface area contributed by atoms with Gasteiger partial charge in [0, 0.05) is 36.5 Å². The van der Waals surface area contributed by atoms with E-state index in [0.717, 1.165) is 52.8 Å². The lowest BCUT2D eigenvalue weighted by molar-refractivity contribution is 0.0951. The zero-order chi connectivity index (χ0) is 19.8. The van der Waals surface area contributed by atoms with Gasteiger partial charge in [-0.25, -0.2) is 9.67 Å². The van der Waals surface area contributed by atoms with Crippen LogP contribution in [-0.4, -0.2) is 39.8 Å². The van der Waals surface area contributed by atoms with Crippen LogP contribution in [0, 0.1) is 6.92 Å². The van der Waals surface area contributed by atoms with Crippen molar-refractivity contribution >= 4 is 22.4 Å². The number of nitrogens with zero attached hydrogens (tertiary/aromatic N) is 4. The summed E-state index contributed by atoms with van der Waals surface area (Å²) in [6, 6.07) is 6.24. The molecule has 2 fully saturated rings. The van der Waals surface area contributed by atoms with Crippen LogP contribution in [0.15, 0.2) is 36.8 Å². The molecule has 0 radical (unpaired) electrons. The quantitative estimate of drug-likeness (QED) is 0.689. The molecule has 0 bridgehead atoms. The molecule has 7 heteroatoms. The van der Waals surface area contributed by atoms with Crippen molar-refractivity contribution in [3.05, 3.63) is 47.9 Å². The minimum Gasteiger partial charge on any atom is -0.349 e. The van der Waals surface area contributed by atoms with E-state index in [1.54, 1.807) is 11.3 Å². The highest BCUT2D eigenvalue weighted by molar-refractivity contribution is 7.18. The summed E-state index contributed by atoms with van der Waals surface area (Å²) in [6.07, 6.45) is 11.8. The molecule has 5 rings (SSSR count). The third kappa shape index (κ3) is 3.92. The first-order valence-corrected chi connectivity index (χ1v) is 11.2. The molecule has 29 heavy (non-hydrogen) atoms. The number of piperidine rings is 1. The molecule has 1 amide bonds. The van der Waals surface area contributed by atoms with Crippen molar-refractivity contribution in [3.8, 4) is 16.1 Å². The summed E-state index contributed by atoms with van der Waals surface area (Å²) in [5, 5.41) is 9.71. The van der Waals surface area contributed by atoms with Gasteiger partial charge in [0.2, 0.25) is 0 Å². The topological polar surface area (TPSA) is 63.1 Å². The molecule has 1 aliphatic carbocycles. The van der Waals surface area contributed by atoms with Crippen LogP contribution >= 0.6 is 11.3 Å². The average molecular weight is 408 g/mol. The Labute approximate surface area is 174 Å². The first-order chi connectivity index (χ1) is 14.2. The van der Waals surface area contributed by atoms with Gasteiger partial charge >= 0.3 is 0 Å². The minimum absolute atomic E-state index is 0.00905. The number of anilines is 1. The highest BCUT2D eigenvalue weighted by atomic mass is 32.1. The number of carbonyl (C=O) groups is 1. The number of hydrogen-bond donors (Lipinski definition) is 1. The zero-order valence-corrected chi connectivity index (χ0v) is 17.4. The molecule has 1 saturated heterocycles. The van der Waals surface area contributed by atoms with E-state index in [1.165, 1.54) is 19.3 Å². The lowest BCUT2D eigenvalue weighted by Crippen LogP contribution is -2.29. The highest BCUT2D eigenvalue weighted by Gasteiger charge is 2.24. The number of amides is 1. The number of hydrogen-bond acceptors (Lipinski definition) is 5. The maximum atomic E-state index is 12.4. The fourth-order valence-corrected chi connectivity index (χ4v) is 4.65.